The van der Waals surface area contributed by atoms with Gasteiger partial charge in [-0.15, -0.1) is 0 Å². The zero-order chi connectivity index (χ0) is 18.7. The van der Waals surface area contributed by atoms with E-state index < -0.39 is 10.0 Å². The Morgan fingerprint density at radius 2 is 1.65 bits per heavy atom. The van der Waals surface area contributed by atoms with Gasteiger partial charge >= 0.3 is 0 Å². The average Bonchev–Trinajstić information content (AvgIpc) is 2.65. The van der Waals surface area contributed by atoms with Gasteiger partial charge in [-0.25, -0.2) is 8.42 Å². The van der Waals surface area contributed by atoms with Crippen molar-refractivity contribution in [3.05, 3.63) is 59.2 Å². The van der Waals surface area contributed by atoms with Crippen LogP contribution in [-0.4, -0.2) is 50.9 Å². The van der Waals surface area contributed by atoms with E-state index in [1.807, 2.05) is 38.1 Å². The van der Waals surface area contributed by atoms with Crippen molar-refractivity contribution in [3.8, 4) is 5.75 Å². The topological polar surface area (TPSA) is 49.9 Å². The molecule has 0 aliphatic carbocycles. The molecule has 0 spiro atoms. The summed E-state index contributed by atoms with van der Waals surface area (Å²) in [6.07, 6.45) is 0. The molecule has 6 heteroatoms. The zero-order valence-corrected chi connectivity index (χ0v) is 16.4. The molecule has 1 aliphatic rings. The third-order valence-electron chi connectivity index (χ3n) is 5.03. The van der Waals surface area contributed by atoms with Crippen LogP contribution < -0.4 is 4.74 Å². The molecule has 0 radical (unpaired) electrons. The molecule has 0 N–H and O–H groups in total. The fourth-order valence-electron chi connectivity index (χ4n) is 3.23. The monoisotopic (exact) mass is 374 g/mol. The Balaban J connectivity index is 1.67. The van der Waals surface area contributed by atoms with Crippen LogP contribution in [0.25, 0.3) is 0 Å². The van der Waals surface area contributed by atoms with Crippen molar-refractivity contribution < 1.29 is 13.2 Å². The molecule has 0 bridgehead atoms. The molecule has 2 aromatic carbocycles. The summed E-state index contributed by atoms with van der Waals surface area (Å²) in [5.41, 5.74) is 3.23. The van der Waals surface area contributed by atoms with Gasteiger partial charge in [0, 0.05) is 38.3 Å². The second-order valence-corrected chi connectivity index (χ2v) is 8.68. The van der Waals surface area contributed by atoms with Gasteiger partial charge in [0.05, 0.1) is 12.0 Å². The van der Waals surface area contributed by atoms with Gasteiger partial charge in [0.25, 0.3) is 0 Å². The summed E-state index contributed by atoms with van der Waals surface area (Å²) in [6.45, 7) is 7.13. The zero-order valence-electron chi connectivity index (χ0n) is 15.6. The molecule has 5 nitrogen and oxygen atoms in total. The van der Waals surface area contributed by atoms with Crippen LogP contribution in [0.2, 0.25) is 0 Å². The van der Waals surface area contributed by atoms with Crippen molar-refractivity contribution in [1.82, 2.24) is 9.21 Å². The van der Waals surface area contributed by atoms with Gasteiger partial charge in [-0.3, -0.25) is 4.90 Å². The van der Waals surface area contributed by atoms with Crippen molar-refractivity contribution in [1.29, 1.82) is 0 Å². The van der Waals surface area contributed by atoms with Gasteiger partial charge < -0.3 is 4.74 Å². The standard InChI is InChI=1S/C20H26N2O3S/c1-16-8-9-19(14-17(16)2)26(23,24)22-12-10-21(11-13-22)15-18-6-4-5-7-20(18)25-3/h4-9,14H,10-13,15H2,1-3H3. The third-order valence-corrected chi connectivity index (χ3v) is 6.93. The van der Waals surface area contributed by atoms with Gasteiger partial charge in [0.2, 0.25) is 10.0 Å². The van der Waals surface area contributed by atoms with E-state index >= 15 is 0 Å². The number of rotatable bonds is 5. The van der Waals surface area contributed by atoms with Crippen molar-refractivity contribution in [2.24, 2.45) is 0 Å². The number of hydrogen-bond donors (Lipinski definition) is 0. The molecule has 0 atom stereocenters. The molecule has 1 heterocycles. The van der Waals surface area contributed by atoms with Crippen molar-refractivity contribution >= 4 is 10.0 Å². The van der Waals surface area contributed by atoms with E-state index in [0.717, 1.165) is 29.0 Å². The lowest BCUT2D eigenvalue weighted by Gasteiger charge is -2.34. The number of ether oxygens (including phenoxy) is 1. The Bertz CT molecular complexity index is 872. The lowest BCUT2D eigenvalue weighted by molar-refractivity contribution is 0.180. The molecular formula is C20H26N2O3S. The fourth-order valence-corrected chi connectivity index (χ4v) is 4.73. The maximum Gasteiger partial charge on any atom is 0.243 e. The summed E-state index contributed by atoms with van der Waals surface area (Å²) in [4.78, 5) is 2.66. The first kappa shape index (κ1) is 18.9. The number of aryl methyl sites for hydroxylation is 2. The van der Waals surface area contributed by atoms with Crippen molar-refractivity contribution in [2.45, 2.75) is 25.3 Å². The van der Waals surface area contributed by atoms with E-state index in [-0.39, 0.29) is 0 Å². The first-order valence-electron chi connectivity index (χ1n) is 8.83. The average molecular weight is 375 g/mol. The number of benzene rings is 2. The fraction of sp³-hybridized carbons (Fsp3) is 0.400. The number of sulfonamides is 1. The largest absolute Gasteiger partial charge is 0.496 e. The van der Waals surface area contributed by atoms with E-state index in [4.69, 9.17) is 4.74 Å². The Morgan fingerprint density at radius 3 is 2.31 bits per heavy atom. The second kappa shape index (κ2) is 7.78. The molecule has 1 aliphatic heterocycles. The molecule has 0 aromatic heterocycles. The van der Waals surface area contributed by atoms with E-state index in [0.29, 0.717) is 31.1 Å². The van der Waals surface area contributed by atoms with Gasteiger partial charge in [-0.1, -0.05) is 24.3 Å². The van der Waals surface area contributed by atoms with Crippen LogP contribution in [0.3, 0.4) is 0 Å². The highest BCUT2D eigenvalue weighted by Crippen LogP contribution is 2.23. The lowest BCUT2D eigenvalue weighted by Crippen LogP contribution is -2.48. The second-order valence-electron chi connectivity index (χ2n) is 6.74. The van der Waals surface area contributed by atoms with Gasteiger partial charge in [-0.05, 0) is 43.2 Å². The molecule has 140 valence electrons. The molecule has 3 rings (SSSR count). The van der Waals surface area contributed by atoms with Gasteiger partial charge in [0.15, 0.2) is 0 Å². The smallest absolute Gasteiger partial charge is 0.243 e. The van der Waals surface area contributed by atoms with E-state index in [1.165, 1.54) is 0 Å². The number of para-hydroxylation sites is 1. The summed E-state index contributed by atoms with van der Waals surface area (Å²) in [6, 6.07) is 13.3. The van der Waals surface area contributed by atoms with Gasteiger partial charge in [-0.2, -0.15) is 4.31 Å². The third kappa shape index (κ3) is 3.92. The van der Waals surface area contributed by atoms with Crippen LogP contribution in [0.4, 0.5) is 0 Å². The normalized spacial score (nSPS) is 16.6. The van der Waals surface area contributed by atoms with Crippen LogP contribution in [0.5, 0.6) is 5.75 Å². The highest BCUT2D eigenvalue weighted by Gasteiger charge is 2.28. The first-order chi connectivity index (χ1) is 12.4. The molecule has 0 amide bonds. The summed E-state index contributed by atoms with van der Waals surface area (Å²) >= 11 is 0. The summed E-state index contributed by atoms with van der Waals surface area (Å²) in [7, 11) is -1.75. The summed E-state index contributed by atoms with van der Waals surface area (Å²) in [5, 5.41) is 0. The Morgan fingerprint density at radius 1 is 0.962 bits per heavy atom. The maximum atomic E-state index is 12.9. The Hall–Kier alpha value is -1.89. The van der Waals surface area contributed by atoms with Crippen LogP contribution in [0.1, 0.15) is 16.7 Å². The minimum absolute atomic E-state index is 0.388. The quantitative estimate of drug-likeness (QED) is 0.808. The predicted molar refractivity (Wildman–Crippen MR) is 103 cm³/mol. The molecule has 2 aromatic rings. The maximum absolute atomic E-state index is 12.9. The molecule has 1 fully saturated rings. The van der Waals surface area contributed by atoms with Crippen molar-refractivity contribution in [3.63, 3.8) is 0 Å². The van der Waals surface area contributed by atoms with Crippen LogP contribution >= 0.6 is 0 Å². The minimum Gasteiger partial charge on any atom is -0.496 e. The lowest BCUT2D eigenvalue weighted by atomic mass is 10.1. The number of nitrogens with zero attached hydrogens (tertiary/aromatic N) is 2. The highest BCUT2D eigenvalue weighted by atomic mass is 32.2. The number of hydrogen-bond acceptors (Lipinski definition) is 4. The molecule has 0 saturated carbocycles. The molecule has 1 saturated heterocycles. The SMILES string of the molecule is COc1ccccc1CN1CCN(S(=O)(=O)c2ccc(C)c(C)c2)CC1. The van der Waals surface area contributed by atoms with Gasteiger partial charge in [0.1, 0.15) is 5.75 Å². The van der Waals surface area contributed by atoms with Crippen LogP contribution in [-0.2, 0) is 16.6 Å². The minimum atomic E-state index is -3.43. The first-order valence-corrected chi connectivity index (χ1v) is 10.3. The Labute approximate surface area is 156 Å². The summed E-state index contributed by atoms with van der Waals surface area (Å²) < 4.78 is 32.8. The summed E-state index contributed by atoms with van der Waals surface area (Å²) in [5.74, 6) is 0.873. The van der Waals surface area contributed by atoms with Crippen LogP contribution in [0, 0.1) is 13.8 Å². The Kier molecular flexibility index (Phi) is 5.65. The van der Waals surface area contributed by atoms with Crippen LogP contribution in [0.15, 0.2) is 47.4 Å². The molecule has 26 heavy (non-hydrogen) atoms. The molecule has 0 unspecified atom stereocenters. The molecular weight excluding hydrogens is 348 g/mol. The van der Waals surface area contributed by atoms with E-state index in [9.17, 15) is 8.42 Å². The van der Waals surface area contributed by atoms with E-state index in [1.54, 1.807) is 23.5 Å². The van der Waals surface area contributed by atoms with Crippen molar-refractivity contribution in [2.75, 3.05) is 33.3 Å². The van der Waals surface area contributed by atoms with E-state index in [2.05, 4.69) is 11.0 Å². The predicted octanol–water partition coefficient (Wildman–Crippen LogP) is 2.82. The number of piperazine rings is 1. The highest BCUT2D eigenvalue weighted by molar-refractivity contribution is 7.89. The number of methoxy groups -OCH3 is 1.